The molecule has 4 heteroatoms. The third-order valence-electron chi connectivity index (χ3n) is 4.86. The summed E-state index contributed by atoms with van der Waals surface area (Å²) in [6, 6.07) is 9.67. The topological polar surface area (TPSA) is 49.8 Å². The maximum atomic E-state index is 12.4. The fraction of sp³-hybridized carbons (Fsp3) is 0.588. The van der Waals surface area contributed by atoms with Crippen LogP contribution in [0.4, 0.5) is 0 Å². The Balaban J connectivity index is 2.42. The predicted molar refractivity (Wildman–Crippen MR) is 82.0 cm³/mol. The molecule has 1 aromatic carbocycles. The lowest BCUT2D eigenvalue weighted by atomic mass is 9.68. The number of ether oxygens (including phenoxy) is 1. The van der Waals surface area contributed by atoms with Gasteiger partial charge in [-0.2, -0.15) is 0 Å². The van der Waals surface area contributed by atoms with Crippen LogP contribution in [0.1, 0.15) is 31.7 Å². The molecule has 0 amide bonds. The summed E-state index contributed by atoms with van der Waals surface area (Å²) < 4.78 is 4.98. The van der Waals surface area contributed by atoms with Crippen LogP contribution in [-0.4, -0.2) is 48.3 Å². The molecule has 1 heterocycles. The molecule has 0 aliphatic carbocycles. The Morgan fingerprint density at radius 2 is 2.00 bits per heavy atom. The van der Waals surface area contributed by atoms with Crippen LogP contribution in [-0.2, 0) is 9.53 Å². The van der Waals surface area contributed by atoms with Gasteiger partial charge in [0.1, 0.15) is 5.92 Å². The monoisotopic (exact) mass is 291 g/mol. The first-order valence-corrected chi connectivity index (χ1v) is 7.45. The van der Waals surface area contributed by atoms with Gasteiger partial charge in [-0.15, -0.1) is 0 Å². The Kier molecular flexibility index (Phi) is 4.69. The maximum Gasteiger partial charge on any atom is 0.316 e. The van der Waals surface area contributed by atoms with Crippen molar-refractivity contribution in [2.75, 3.05) is 20.7 Å². The van der Waals surface area contributed by atoms with Gasteiger partial charge in [-0.1, -0.05) is 37.3 Å². The number of methoxy groups -OCH3 is 1. The first kappa shape index (κ1) is 16.0. The van der Waals surface area contributed by atoms with E-state index in [4.69, 9.17) is 4.74 Å². The van der Waals surface area contributed by atoms with E-state index in [1.165, 1.54) is 7.11 Å². The van der Waals surface area contributed by atoms with Crippen LogP contribution in [0.5, 0.6) is 0 Å². The van der Waals surface area contributed by atoms with Gasteiger partial charge in [0.25, 0.3) is 0 Å². The Morgan fingerprint density at radius 3 is 2.57 bits per heavy atom. The quantitative estimate of drug-likeness (QED) is 0.866. The summed E-state index contributed by atoms with van der Waals surface area (Å²) >= 11 is 0. The predicted octanol–water partition coefficient (Wildman–Crippen LogP) is 2.03. The molecular formula is C17H25NO3. The third kappa shape index (κ3) is 2.97. The van der Waals surface area contributed by atoms with Gasteiger partial charge in [0.15, 0.2) is 0 Å². The van der Waals surface area contributed by atoms with Crippen LogP contribution in [0, 0.1) is 5.92 Å². The highest BCUT2D eigenvalue weighted by Crippen LogP contribution is 2.42. The van der Waals surface area contributed by atoms with Gasteiger partial charge in [0, 0.05) is 12.6 Å². The van der Waals surface area contributed by atoms with Crippen molar-refractivity contribution in [1.29, 1.82) is 0 Å². The van der Waals surface area contributed by atoms with E-state index in [-0.39, 0.29) is 17.9 Å². The number of piperidine rings is 1. The average Bonchev–Trinajstić information content (AvgIpc) is 2.46. The highest BCUT2D eigenvalue weighted by molar-refractivity contribution is 5.79. The number of rotatable bonds is 3. The second-order valence-corrected chi connectivity index (χ2v) is 6.25. The highest BCUT2D eigenvalue weighted by atomic mass is 16.5. The number of carbonyl (C=O) groups excluding carboxylic acids is 1. The number of hydrogen-bond acceptors (Lipinski definition) is 4. The minimum Gasteiger partial charge on any atom is -0.468 e. The maximum absolute atomic E-state index is 12.4. The summed E-state index contributed by atoms with van der Waals surface area (Å²) in [6.07, 6.45) is 0.555. The molecule has 0 radical (unpaired) electrons. The fourth-order valence-electron chi connectivity index (χ4n) is 3.39. The molecule has 0 spiro atoms. The third-order valence-corrected chi connectivity index (χ3v) is 4.86. The molecule has 1 aromatic rings. The summed E-state index contributed by atoms with van der Waals surface area (Å²) in [5.74, 6) is -1.02. The lowest BCUT2D eigenvalue weighted by Crippen LogP contribution is -2.57. The van der Waals surface area contributed by atoms with Crippen LogP contribution in [0.3, 0.4) is 0 Å². The van der Waals surface area contributed by atoms with Crippen LogP contribution < -0.4 is 0 Å². The minimum absolute atomic E-state index is 0.0111. The van der Waals surface area contributed by atoms with Gasteiger partial charge < -0.3 is 14.7 Å². The van der Waals surface area contributed by atoms with Crippen molar-refractivity contribution in [2.24, 2.45) is 5.92 Å². The molecule has 0 saturated carbocycles. The van der Waals surface area contributed by atoms with Crippen molar-refractivity contribution < 1.29 is 14.6 Å². The lowest BCUT2D eigenvalue weighted by molar-refractivity contribution is -0.159. The molecule has 4 nitrogen and oxygen atoms in total. The van der Waals surface area contributed by atoms with E-state index in [0.29, 0.717) is 6.42 Å². The molecule has 1 saturated heterocycles. The Labute approximate surface area is 126 Å². The Morgan fingerprint density at radius 1 is 1.38 bits per heavy atom. The first-order valence-electron chi connectivity index (χ1n) is 7.45. The normalized spacial score (nSPS) is 31.7. The van der Waals surface area contributed by atoms with Crippen molar-refractivity contribution in [3.05, 3.63) is 35.9 Å². The van der Waals surface area contributed by atoms with Gasteiger partial charge in [-0.3, -0.25) is 4.79 Å². The smallest absolute Gasteiger partial charge is 0.316 e. The molecule has 1 aliphatic heterocycles. The van der Waals surface area contributed by atoms with Gasteiger partial charge in [0.2, 0.25) is 0 Å². The highest BCUT2D eigenvalue weighted by Gasteiger charge is 2.50. The lowest BCUT2D eigenvalue weighted by Gasteiger charge is -2.48. The fourth-order valence-corrected chi connectivity index (χ4v) is 3.39. The molecular weight excluding hydrogens is 266 g/mol. The molecule has 0 bridgehead atoms. The van der Waals surface area contributed by atoms with E-state index < -0.39 is 11.5 Å². The number of nitrogens with zero attached hydrogens (tertiary/aromatic N) is 1. The second kappa shape index (κ2) is 6.16. The van der Waals surface area contributed by atoms with Crippen molar-refractivity contribution >= 4 is 5.97 Å². The molecule has 0 aromatic heterocycles. The summed E-state index contributed by atoms with van der Waals surface area (Å²) in [7, 11) is 3.43. The van der Waals surface area contributed by atoms with E-state index >= 15 is 0 Å². The van der Waals surface area contributed by atoms with E-state index in [9.17, 15) is 9.90 Å². The molecule has 0 unspecified atom stereocenters. The number of benzene rings is 1. The number of carbonyl (C=O) groups is 1. The number of esters is 1. The minimum atomic E-state index is -1.08. The Bertz CT molecular complexity index is 490. The summed E-state index contributed by atoms with van der Waals surface area (Å²) in [5.41, 5.74) is -0.268. The van der Waals surface area contributed by atoms with E-state index in [0.717, 1.165) is 12.1 Å². The molecule has 1 fully saturated rings. The molecule has 4 atom stereocenters. The zero-order valence-electron chi connectivity index (χ0n) is 13.2. The molecule has 1 aliphatic rings. The number of likely N-dealkylation sites (tertiary alicyclic amines) is 1. The number of aliphatic hydroxyl groups is 1. The van der Waals surface area contributed by atoms with E-state index in [1.807, 2.05) is 37.3 Å². The first-order chi connectivity index (χ1) is 9.90. The molecule has 116 valence electrons. The number of hydrogen-bond donors (Lipinski definition) is 1. The van der Waals surface area contributed by atoms with Crippen LogP contribution >= 0.6 is 0 Å². The average molecular weight is 291 g/mol. The summed E-state index contributed by atoms with van der Waals surface area (Å²) in [6.45, 7) is 4.84. The summed E-state index contributed by atoms with van der Waals surface area (Å²) in [5, 5.41) is 11.3. The SMILES string of the molecule is COC(=O)[C@@H](c1ccccc1)[C@]1(O)C[C@@H](C)N(C)C[C@@H]1C. The second-order valence-electron chi connectivity index (χ2n) is 6.25. The van der Waals surface area contributed by atoms with Crippen molar-refractivity contribution in [2.45, 2.75) is 37.8 Å². The van der Waals surface area contributed by atoms with Gasteiger partial charge in [0.05, 0.1) is 12.7 Å². The van der Waals surface area contributed by atoms with Crippen LogP contribution in [0.25, 0.3) is 0 Å². The van der Waals surface area contributed by atoms with E-state index in [2.05, 4.69) is 18.9 Å². The zero-order chi connectivity index (χ0) is 15.6. The molecule has 1 N–H and O–H groups in total. The van der Waals surface area contributed by atoms with Gasteiger partial charge >= 0.3 is 5.97 Å². The van der Waals surface area contributed by atoms with Crippen molar-refractivity contribution in [3.63, 3.8) is 0 Å². The van der Waals surface area contributed by atoms with Crippen LogP contribution in [0.15, 0.2) is 30.3 Å². The van der Waals surface area contributed by atoms with E-state index in [1.54, 1.807) is 0 Å². The largest absolute Gasteiger partial charge is 0.468 e. The van der Waals surface area contributed by atoms with Crippen LogP contribution in [0.2, 0.25) is 0 Å². The van der Waals surface area contributed by atoms with Crippen molar-refractivity contribution in [3.8, 4) is 0 Å². The van der Waals surface area contributed by atoms with Gasteiger partial charge in [-0.05, 0) is 31.9 Å². The van der Waals surface area contributed by atoms with Crippen molar-refractivity contribution in [1.82, 2.24) is 4.90 Å². The zero-order valence-corrected chi connectivity index (χ0v) is 13.2. The molecule has 21 heavy (non-hydrogen) atoms. The molecule has 2 rings (SSSR count). The summed E-state index contributed by atoms with van der Waals surface area (Å²) in [4.78, 5) is 14.6. The standard InChI is InChI=1S/C17H25NO3/c1-12-11-18(3)13(2)10-17(12,20)15(16(19)21-4)14-8-6-5-7-9-14/h5-9,12-13,15,20H,10-11H2,1-4H3/t12-,13+,15+,17-/m0/s1. The van der Waals surface area contributed by atoms with Gasteiger partial charge in [-0.25, -0.2) is 0 Å². The Hall–Kier alpha value is -1.39.